The molecule has 1 aromatic rings. The maximum Gasteiger partial charge on any atom is 0.222 e. The second kappa shape index (κ2) is 6.01. The lowest BCUT2D eigenvalue weighted by molar-refractivity contribution is -0.124. The number of nitrogens with one attached hydrogen (secondary N) is 1. The summed E-state index contributed by atoms with van der Waals surface area (Å²) in [6.45, 7) is 3.40. The lowest BCUT2D eigenvalue weighted by Crippen LogP contribution is -2.36. The van der Waals surface area contributed by atoms with Gasteiger partial charge in [0.05, 0.1) is 0 Å². The Labute approximate surface area is 109 Å². The molecule has 3 N–H and O–H groups in total. The van der Waals surface area contributed by atoms with E-state index in [0.717, 1.165) is 25.8 Å². The molecule has 0 radical (unpaired) electrons. The zero-order valence-electron chi connectivity index (χ0n) is 11.0. The van der Waals surface area contributed by atoms with E-state index in [4.69, 9.17) is 5.73 Å². The molecule has 18 heavy (non-hydrogen) atoms. The van der Waals surface area contributed by atoms with Gasteiger partial charge in [-0.25, -0.2) is 0 Å². The van der Waals surface area contributed by atoms with Crippen molar-refractivity contribution in [1.29, 1.82) is 0 Å². The molecule has 0 saturated carbocycles. The summed E-state index contributed by atoms with van der Waals surface area (Å²) in [4.78, 5) is 11.9. The van der Waals surface area contributed by atoms with Crippen LogP contribution in [0.1, 0.15) is 36.8 Å². The Balaban J connectivity index is 1.75. The first-order valence-corrected chi connectivity index (χ1v) is 6.78. The first-order valence-electron chi connectivity index (χ1n) is 6.78. The number of rotatable bonds is 6. The van der Waals surface area contributed by atoms with Gasteiger partial charge in [-0.1, -0.05) is 31.2 Å². The molecule has 0 aliphatic heterocycles. The summed E-state index contributed by atoms with van der Waals surface area (Å²) in [6.07, 6.45) is 2.89. The standard InChI is InChI=1S/C15H22N2O/c1-11(5-4-8-16)15(18)17-10-13-9-12-6-2-3-7-14(12)13/h2-3,6-7,11,13H,4-5,8-10,16H2,1H3,(H,17,18). The summed E-state index contributed by atoms with van der Waals surface area (Å²) < 4.78 is 0. The topological polar surface area (TPSA) is 55.1 Å². The molecule has 2 rings (SSSR count). The molecule has 3 nitrogen and oxygen atoms in total. The van der Waals surface area contributed by atoms with Crippen molar-refractivity contribution < 1.29 is 4.79 Å². The van der Waals surface area contributed by atoms with E-state index < -0.39 is 0 Å². The fourth-order valence-corrected chi connectivity index (χ4v) is 2.50. The third kappa shape index (κ3) is 2.91. The Morgan fingerprint density at radius 2 is 2.28 bits per heavy atom. The van der Waals surface area contributed by atoms with Crippen LogP contribution in [0.3, 0.4) is 0 Å². The van der Waals surface area contributed by atoms with Crippen molar-refractivity contribution in [3.63, 3.8) is 0 Å². The van der Waals surface area contributed by atoms with Crippen molar-refractivity contribution in [3.05, 3.63) is 35.4 Å². The molecule has 2 atom stereocenters. The number of nitrogens with two attached hydrogens (primary N) is 1. The molecule has 0 bridgehead atoms. The van der Waals surface area contributed by atoms with Crippen molar-refractivity contribution in [2.24, 2.45) is 11.7 Å². The molecular formula is C15H22N2O. The van der Waals surface area contributed by atoms with E-state index >= 15 is 0 Å². The number of carbonyl (C=O) groups excluding carboxylic acids is 1. The molecular weight excluding hydrogens is 224 g/mol. The lowest BCUT2D eigenvalue weighted by atomic mass is 9.77. The zero-order valence-corrected chi connectivity index (χ0v) is 11.0. The molecule has 3 heteroatoms. The Kier molecular flexibility index (Phi) is 4.37. The van der Waals surface area contributed by atoms with Crippen LogP contribution in [0.15, 0.2) is 24.3 Å². The second-order valence-corrected chi connectivity index (χ2v) is 5.18. The third-order valence-electron chi connectivity index (χ3n) is 3.77. The van der Waals surface area contributed by atoms with Gasteiger partial charge in [-0.15, -0.1) is 0 Å². The highest BCUT2D eigenvalue weighted by atomic mass is 16.1. The molecule has 0 spiro atoms. The Morgan fingerprint density at radius 3 is 3.00 bits per heavy atom. The fraction of sp³-hybridized carbons (Fsp3) is 0.533. The Morgan fingerprint density at radius 1 is 1.50 bits per heavy atom. The van der Waals surface area contributed by atoms with E-state index in [1.807, 2.05) is 6.92 Å². The predicted octanol–water partition coefficient (Wildman–Crippen LogP) is 1.82. The Hall–Kier alpha value is -1.35. The van der Waals surface area contributed by atoms with Gasteiger partial charge in [-0.2, -0.15) is 0 Å². The number of fused-ring (bicyclic) bond motifs is 1. The van der Waals surface area contributed by atoms with Crippen LogP contribution in [0, 0.1) is 5.92 Å². The van der Waals surface area contributed by atoms with Gasteiger partial charge in [-0.3, -0.25) is 4.79 Å². The van der Waals surface area contributed by atoms with Crippen LogP contribution in [0.4, 0.5) is 0 Å². The van der Waals surface area contributed by atoms with Crippen LogP contribution >= 0.6 is 0 Å². The highest BCUT2D eigenvalue weighted by molar-refractivity contribution is 5.78. The summed E-state index contributed by atoms with van der Waals surface area (Å²) in [5.74, 6) is 0.739. The van der Waals surface area contributed by atoms with Crippen molar-refractivity contribution in [1.82, 2.24) is 5.32 Å². The highest BCUT2D eigenvalue weighted by Crippen LogP contribution is 2.33. The summed E-state index contributed by atoms with van der Waals surface area (Å²) >= 11 is 0. The molecule has 1 aliphatic carbocycles. The van der Waals surface area contributed by atoms with E-state index in [1.54, 1.807) is 0 Å². The van der Waals surface area contributed by atoms with E-state index in [2.05, 4.69) is 29.6 Å². The molecule has 0 fully saturated rings. The van der Waals surface area contributed by atoms with Gasteiger partial charge >= 0.3 is 0 Å². The Bertz CT molecular complexity index is 417. The third-order valence-corrected chi connectivity index (χ3v) is 3.77. The maximum atomic E-state index is 11.9. The van der Waals surface area contributed by atoms with Crippen molar-refractivity contribution in [2.75, 3.05) is 13.1 Å². The summed E-state index contributed by atoms with van der Waals surface area (Å²) in [6, 6.07) is 8.46. The average molecular weight is 246 g/mol. The summed E-state index contributed by atoms with van der Waals surface area (Å²) in [5, 5.41) is 3.05. The number of benzene rings is 1. The molecule has 0 heterocycles. The fourth-order valence-electron chi connectivity index (χ4n) is 2.50. The van der Waals surface area contributed by atoms with Crippen LogP contribution < -0.4 is 11.1 Å². The molecule has 2 unspecified atom stereocenters. The maximum absolute atomic E-state index is 11.9. The molecule has 1 aromatic carbocycles. The minimum atomic E-state index is 0.0730. The van der Waals surface area contributed by atoms with Gasteiger partial charge in [0, 0.05) is 18.4 Å². The van der Waals surface area contributed by atoms with Gasteiger partial charge in [0.2, 0.25) is 5.91 Å². The summed E-state index contributed by atoms with van der Waals surface area (Å²) in [5.41, 5.74) is 8.27. The molecule has 1 amide bonds. The smallest absolute Gasteiger partial charge is 0.222 e. The monoisotopic (exact) mass is 246 g/mol. The van der Waals surface area contributed by atoms with Gasteiger partial charge in [0.25, 0.3) is 0 Å². The zero-order chi connectivity index (χ0) is 13.0. The summed E-state index contributed by atoms with van der Waals surface area (Å²) in [7, 11) is 0. The average Bonchev–Trinajstić information content (AvgIpc) is 2.36. The van der Waals surface area contributed by atoms with Gasteiger partial charge in [-0.05, 0) is 36.9 Å². The number of carbonyl (C=O) groups is 1. The number of amides is 1. The van der Waals surface area contributed by atoms with Crippen LogP contribution in [0.2, 0.25) is 0 Å². The highest BCUT2D eigenvalue weighted by Gasteiger charge is 2.25. The van der Waals surface area contributed by atoms with Crippen LogP contribution in [0.25, 0.3) is 0 Å². The first kappa shape index (κ1) is 13.1. The van der Waals surface area contributed by atoms with Gasteiger partial charge < -0.3 is 11.1 Å². The van der Waals surface area contributed by atoms with E-state index in [-0.39, 0.29) is 11.8 Å². The number of hydrogen-bond acceptors (Lipinski definition) is 2. The molecule has 0 saturated heterocycles. The first-order chi connectivity index (χ1) is 8.72. The van der Waals surface area contributed by atoms with Crippen LogP contribution in [-0.4, -0.2) is 19.0 Å². The predicted molar refractivity (Wildman–Crippen MR) is 73.3 cm³/mol. The lowest BCUT2D eigenvalue weighted by Gasteiger charge is -2.30. The van der Waals surface area contributed by atoms with Crippen molar-refractivity contribution in [2.45, 2.75) is 32.1 Å². The van der Waals surface area contributed by atoms with Crippen molar-refractivity contribution >= 4 is 5.91 Å². The molecule has 0 aromatic heterocycles. The molecule has 98 valence electrons. The largest absolute Gasteiger partial charge is 0.355 e. The SMILES string of the molecule is CC(CCCN)C(=O)NCC1Cc2ccccc21. The molecule has 1 aliphatic rings. The minimum absolute atomic E-state index is 0.0730. The quantitative estimate of drug-likeness (QED) is 0.804. The van der Waals surface area contributed by atoms with E-state index in [0.29, 0.717) is 12.5 Å². The second-order valence-electron chi connectivity index (χ2n) is 5.18. The minimum Gasteiger partial charge on any atom is -0.355 e. The normalized spacial score (nSPS) is 18.7. The van der Waals surface area contributed by atoms with Gasteiger partial charge in [0.1, 0.15) is 0 Å². The van der Waals surface area contributed by atoms with Crippen LogP contribution in [0.5, 0.6) is 0 Å². The van der Waals surface area contributed by atoms with Gasteiger partial charge in [0.15, 0.2) is 0 Å². The van der Waals surface area contributed by atoms with E-state index in [9.17, 15) is 4.79 Å². The van der Waals surface area contributed by atoms with Crippen molar-refractivity contribution in [3.8, 4) is 0 Å². The van der Waals surface area contributed by atoms with Crippen LogP contribution in [-0.2, 0) is 11.2 Å². The number of hydrogen-bond donors (Lipinski definition) is 2. The van der Waals surface area contributed by atoms with E-state index in [1.165, 1.54) is 11.1 Å².